The molecule has 7 heteroatoms. The minimum absolute atomic E-state index is 0.215. The third-order valence-electron chi connectivity index (χ3n) is 4.45. The molecule has 2 aromatic carbocycles. The fraction of sp³-hybridized carbons (Fsp3) is 0.227. The van der Waals surface area contributed by atoms with Gasteiger partial charge in [-0.1, -0.05) is 24.3 Å². The quantitative estimate of drug-likeness (QED) is 0.610. The zero-order valence-electron chi connectivity index (χ0n) is 16.7. The van der Waals surface area contributed by atoms with Crippen molar-refractivity contribution in [3.63, 3.8) is 0 Å². The summed E-state index contributed by atoms with van der Waals surface area (Å²) < 4.78 is 10.5. The van der Waals surface area contributed by atoms with E-state index in [-0.39, 0.29) is 5.91 Å². The zero-order valence-corrected chi connectivity index (χ0v) is 16.7. The molecule has 3 aromatic rings. The summed E-state index contributed by atoms with van der Waals surface area (Å²) in [5.41, 5.74) is 3.47. The molecular weight excluding hydrogens is 368 g/mol. The number of hydrogen-bond donors (Lipinski definition) is 2. The summed E-state index contributed by atoms with van der Waals surface area (Å²) >= 11 is 0. The molecule has 0 spiro atoms. The Morgan fingerprint density at radius 3 is 2.41 bits per heavy atom. The van der Waals surface area contributed by atoms with Gasteiger partial charge >= 0.3 is 0 Å². The Hall–Kier alpha value is -3.61. The highest BCUT2D eigenvalue weighted by Crippen LogP contribution is 2.27. The van der Waals surface area contributed by atoms with Gasteiger partial charge in [-0.15, -0.1) is 0 Å². The Labute approximate surface area is 170 Å². The lowest BCUT2D eigenvalue weighted by molar-refractivity contribution is 0.0953. The number of anilines is 2. The van der Waals surface area contributed by atoms with Crippen LogP contribution in [0.5, 0.6) is 11.5 Å². The lowest BCUT2D eigenvalue weighted by Gasteiger charge is -2.10. The smallest absolute Gasteiger partial charge is 0.254 e. The van der Waals surface area contributed by atoms with Gasteiger partial charge < -0.3 is 20.1 Å². The van der Waals surface area contributed by atoms with E-state index in [1.165, 1.54) is 12.4 Å². The van der Waals surface area contributed by atoms with Crippen molar-refractivity contribution in [1.82, 2.24) is 15.3 Å². The summed E-state index contributed by atoms with van der Waals surface area (Å²) in [4.78, 5) is 20.8. The Kier molecular flexibility index (Phi) is 6.63. The number of amides is 1. The second-order valence-electron chi connectivity index (χ2n) is 6.43. The van der Waals surface area contributed by atoms with Crippen LogP contribution < -0.4 is 20.1 Å². The molecule has 3 rings (SSSR count). The highest BCUT2D eigenvalue weighted by molar-refractivity contribution is 5.93. The summed E-state index contributed by atoms with van der Waals surface area (Å²) in [5.74, 6) is 1.58. The van der Waals surface area contributed by atoms with Gasteiger partial charge in [0.25, 0.3) is 5.91 Å². The van der Waals surface area contributed by atoms with Gasteiger partial charge in [0, 0.05) is 24.6 Å². The maximum absolute atomic E-state index is 12.3. The van der Waals surface area contributed by atoms with Crippen LogP contribution in [0.25, 0.3) is 0 Å². The van der Waals surface area contributed by atoms with Crippen LogP contribution in [0, 0.1) is 6.92 Å². The molecule has 0 aliphatic heterocycles. The van der Waals surface area contributed by atoms with Gasteiger partial charge in [0.15, 0.2) is 11.5 Å². The number of aryl methyl sites for hydroxylation is 1. The van der Waals surface area contributed by atoms with Crippen molar-refractivity contribution in [3.8, 4) is 11.5 Å². The van der Waals surface area contributed by atoms with E-state index in [4.69, 9.17) is 9.47 Å². The van der Waals surface area contributed by atoms with E-state index in [1.54, 1.807) is 14.2 Å². The van der Waals surface area contributed by atoms with E-state index in [0.717, 1.165) is 16.8 Å². The zero-order chi connectivity index (χ0) is 20.6. The number of nitrogens with zero attached hydrogens (tertiary/aromatic N) is 2. The second kappa shape index (κ2) is 9.54. The lowest BCUT2D eigenvalue weighted by atomic mass is 10.1. The molecule has 0 fully saturated rings. The molecule has 0 saturated heterocycles. The molecule has 0 saturated carbocycles. The van der Waals surface area contributed by atoms with Gasteiger partial charge in [-0.05, 0) is 42.7 Å². The molecule has 1 heterocycles. The van der Waals surface area contributed by atoms with Gasteiger partial charge in [0.05, 0.1) is 19.8 Å². The number of ether oxygens (including phenoxy) is 2. The monoisotopic (exact) mass is 392 g/mol. The van der Waals surface area contributed by atoms with E-state index in [1.807, 2.05) is 49.4 Å². The topological polar surface area (TPSA) is 85.4 Å². The van der Waals surface area contributed by atoms with Crippen molar-refractivity contribution in [3.05, 3.63) is 71.5 Å². The predicted octanol–water partition coefficient (Wildman–Crippen LogP) is 3.52. The molecule has 29 heavy (non-hydrogen) atoms. The first-order chi connectivity index (χ1) is 14.1. The van der Waals surface area contributed by atoms with Crippen molar-refractivity contribution >= 4 is 17.5 Å². The maximum atomic E-state index is 12.3. The van der Waals surface area contributed by atoms with Gasteiger partial charge in [-0.3, -0.25) is 4.79 Å². The molecule has 0 aliphatic rings. The van der Waals surface area contributed by atoms with Crippen LogP contribution in [0.15, 0.2) is 54.9 Å². The first-order valence-corrected chi connectivity index (χ1v) is 9.24. The minimum Gasteiger partial charge on any atom is -0.493 e. The van der Waals surface area contributed by atoms with Gasteiger partial charge in [-0.2, -0.15) is 0 Å². The SMILES string of the molecule is COc1ccc(CCNC(=O)c2cnc(Nc3ccccc3C)nc2)cc1OC. The Bertz CT molecular complexity index is 974. The molecule has 7 nitrogen and oxygen atoms in total. The number of carbonyl (C=O) groups excluding carboxylic acids is 1. The lowest BCUT2D eigenvalue weighted by Crippen LogP contribution is -2.26. The van der Waals surface area contributed by atoms with E-state index in [9.17, 15) is 4.79 Å². The maximum Gasteiger partial charge on any atom is 0.254 e. The average molecular weight is 392 g/mol. The van der Waals surface area contributed by atoms with Crippen LogP contribution in [0.2, 0.25) is 0 Å². The molecule has 0 radical (unpaired) electrons. The van der Waals surface area contributed by atoms with Crippen LogP contribution in [0.3, 0.4) is 0 Å². The van der Waals surface area contributed by atoms with E-state index in [2.05, 4.69) is 20.6 Å². The van der Waals surface area contributed by atoms with Crippen LogP contribution in [0.4, 0.5) is 11.6 Å². The number of rotatable bonds is 8. The number of carbonyl (C=O) groups is 1. The predicted molar refractivity (Wildman–Crippen MR) is 112 cm³/mol. The fourth-order valence-electron chi connectivity index (χ4n) is 2.80. The standard InChI is InChI=1S/C22H24N4O3/c1-15-6-4-5-7-18(15)26-22-24-13-17(14-25-22)21(27)23-11-10-16-8-9-19(28-2)20(12-16)29-3/h4-9,12-14H,10-11H2,1-3H3,(H,23,27)(H,24,25,26). The third kappa shape index (κ3) is 5.22. The molecular formula is C22H24N4O3. The number of benzene rings is 2. The Morgan fingerprint density at radius 2 is 1.72 bits per heavy atom. The van der Waals surface area contributed by atoms with E-state index >= 15 is 0 Å². The fourth-order valence-corrected chi connectivity index (χ4v) is 2.80. The van der Waals surface area contributed by atoms with Gasteiger partial charge in [-0.25, -0.2) is 9.97 Å². The second-order valence-corrected chi connectivity index (χ2v) is 6.43. The van der Waals surface area contributed by atoms with Gasteiger partial charge in [0.1, 0.15) is 0 Å². The van der Waals surface area contributed by atoms with Crippen molar-refractivity contribution in [2.75, 3.05) is 26.1 Å². The largest absolute Gasteiger partial charge is 0.493 e. The van der Waals surface area contributed by atoms with E-state index < -0.39 is 0 Å². The highest BCUT2D eigenvalue weighted by atomic mass is 16.5. The van der Waals surface area contributed by atoms with Crippen LogP contribution in [0.1, 0.15) is 21.5 Å². The highest BCUT2D eigenvalue weighted by Gasteiger charge is 2.09. The molecule has 0 atom stereocenters. The first-order valence-electron chi connectivity index (χ1n) is 9.24. The number of para-hydroxylation sites is 1. The normalized spacial score (nSPS) is 10.3. The molecule has 150 valence electrons. The molecule has 0 unspecified atom stereocenters. The minimum atomic E-state index is -0.215. The summed E-state index contributed by atoms with van der Waals surface area (Å²) in [6.07, 6.45) is 3.69. The molecule has 1 aromatic heterocycles. The van der Waals surface area contributed by atoms with Crippen molar-refractivity contribution < 1.29 is 14.3 Å². The van der Waals surface area contributed by atoms with Crippen molar-refractivity contribution in [2.24, 2.45) is 0 Å². The van der Waals surface area contributed by atoms with Crippen molar-refractivity contribution in [2.45, 2.75) is 13.3 Å². The van der Waals surface area contributed by atoms with Crippen LogP contribution >= 0.6 is 0 Å². The van der Waals surface area contributed by atoms with E-state index in [0.29, 0.717) is 36.0 Å². The summed E-state index contributed by atoms with van der Waals surface area (Å²) in [7, 11) is 3.20. The first kappa shape index (κ1) is 20.1. The van der Waals surface area contributed by atoms with Crippen molar-refractivity contribution in [1.29, 1.82) is 0 Å². The average Bonchev–Trinajstić information content (AvgIpc) is 2.75. The summed E-state index contributed by atoms with van der Waals surface area (Å²) in [5, 5.41) is 6.03. The van der Waals surface area contributed by atoms with Crippen LogP contribution in [-0.2, 0) is 6.42 Å². The summed E-state index contributed by atoms with van der Waals surface area (Å²) in [6, 6.07) is 13.6. The third-order valence-corrected chi connectivity index (χ3v) is 4.45. The van der Waals surface area contributed by atoms with Gasteiger partial charge in [0.2, 0.25) is 5.95 Å². The molecule has 0 bridgehead atoms. The number of aromatic nitrogens is 2. The number of hydrogen-bond acceptors (Lipinski definition) is 6. The van der Waals surface area contributed by atoms with Crippen LogP contribution in [-0.4, -0.2) is 36.6 Å². The number of methoxy groups -OCH3 is 2. The Balaban J connectivity index is 1.54. The number of nitrogens with one attached hydrogen (secondary N) is 2. The summed E-state index contributed by atoms with van der Waals surface area (Å²) in [6.45, 7) is 2.49. The molecule has 0 aliphatic carbocycles. The molecule has 2 N–H and O–H groups in total. The Morgan fingerprint density at radius 1 is 1.00 bits per heavy atom. The molecule has 1 amide bonds.